The minimum absolute atomic E-state index is 0.106. The summed E-state index contributed by atoms with van der Waals surface area (Å²) >= 11 is 11.3. The lowest BCUT2D eigenvalue weighted by atomic mass is 10.2. The molecule has 8 heteroatoms. The van der Waals surface area contributed by atoms with Crippen molar-refractivity contribution in [3.63, 3.8) is 0 Å². The number of hydrogen-bond donors (Lipinski definition) is 1. The number of H-pyrrole nitrogens is 1. The Labute approximate surface area is 152 Å². The Morgan fingerprint density at radius 2 is 2.08 bits per heavy atom. The standard InChI is InChI=1S/C17H12ClF2N3OS/c18-14-4-2-1-3-11(14)7-13(9-23-17(25)21-10-22-23)24-16-6-5-12(19)8-15(16)20/h1-8,10H,9H2,(H,21,22,25)/b13-7+. The molecule has 4 nitrogen and oxygen atoms in total. The molecule has 0 unspecified atom stereocenters. The third-order valence-corrected chi connectivity index (χ3v) is 3.96. The molecule has 2 aromatic carbocycles. The van der Waals surface area contributed by atoms with Crippen LogP contribution >= 0.6 is 23.8 Å². The van der Waals surface area contributed by atoms with Gasteiger partial charge in [0, 0.05) is 11.1 Å². The van der Waals surface area contributed by atoms with E-state index < -0.39 is 11.6 Å². The summed E-state index contributed by atoms with van der Waals surface area (Å²) in [5, 5.41) is 3.35. The summed E-state index contributed by atoms with van der Waals surface area (Å²) in [6.45, 7) is 0.168. The van der Waals surface area contributed by atoms with Gasteiger partial charge in [0.1, 0.15) is 17.9 Å². The van der Waals surface area contributed by atoms with E-state index in [1.54, 1.807) is 29.0 Å². The molecule has 0 saturated heterocycles. The summed E-state index contributed by atoms with van der Waals surface area (Å²) < 4.78 is 34.5. The smallest absolute Gasteiger partial charge is 0.216 e. The molecule has 0 aliphatic heterocycles. The van der Waals surface area contributed by atoms with Crippen molar-refractivity contribution in [3.05, 3.63) is 81.5 Å². The Kier molecular flexibility index (Phi) is 5.25. The number of benzene rings is 2. The first-order valence-electron chi connectivity index (χ1n) is 7.21. The minimum atomic E-state index is -0.807. The third kappa shape index (κ3) is 4.32. The van der Waals surface area contributed by atoms with Crippen LogP contribution in [-0.2, 0) is 6.54 Å². The molecule has 0 saturated carbocycles. The van der Waals surface area contributed by atoms with Crippen molar-refractivity contribution in [2.45, 2.75) is 6.54 Å². The largest absolute Gasteiger partial charge is 0.457 e. The van der Waals surface area contributed by atoms with Crippen LogP contribution in [0, 0.1) is 16.4 Å². The zero-order valence-electron chi connectivity index (χ0n) is 12.7. The lowest BCUT2D eigenvalue weighted by Crippen LogP contribution is -2.09. The topological polar surface area (TPSA) is 42.8 Å². The first-order chi connectivity index (χ1) is 12.0. The Bertz CT molecular complexity index is 984. The molecule has 0 amide bonds. The molecule has 0 atom stereocenters. The van der Waals surface area contributed by atoms with E-state index >= 15 is 0 Å². The first kappa shape index (κ1) is 17.3. The van der Waals surface area contributed by atoms with Crippen molar-refractivity contribution in [3.8, 4) is 5.75 Å². The van der Waals surface area contributed by atoms with E-state index in [2.05, 4.69) is 10.1 Å². The number of rotatable bonds is 5. The average molecular weight is 380 g/mol. The fraction of sp³-hybridized carbons (Fsp3) is 0.0588. The zero-order valence-corrected chi connectivity index (χ0v) is 14.3. The van der Waals surface area contributed by atoms with E-state index in [1.807, 2.05) is 6.07 Å². The van der Waals surface area contributed by atoms with Crippen LogP contribution in [0.4, 0.5) is 8.78 Å². The van der Waals surface area contributed by atoms with Crippen molar-refractivity contribution in [1.82, 2.24) is 14.8 Å². The summed E-state index contributed by atoms with van der Waals surface area (Å²) in [7, 11) is 0. The van der Waals surface area contributed by atoms with Crippen molar-refractivity contribution in [2.24, 2.45) is 0 Å². The van der Waals surface area contributed by atoms with E-state index in [4.69, 9.17) is 28.6 Å². The maximum atomic E-state index is 13.9. The van der Waals surface area contributed by atoms with Gasteiger partial charge in [-0.25, -0.2) is 13.8 Å². The van der Waals surface area contributed by atoms with Gasteiger partial charge in [-0.2, -0.15) is 0 Å². The molecule has 3 aromatic rings. The van der Waals surface area contributed by atoms with Crippen LogP contribution < -0.4 is 4.74 Å². The van der Waals surface area contributed by atoms with Crippen LogP contribution in [0.2, 0.25) is 5.02 Å². The summed E-state index contributed by atoms with van der Waals surface area (Å²) in [4.78, 5) is 3.92. The number of hydrogen-bond acceptors (Lipinski definition) is 3. The van der Waals surface area contributed by atoms with Gasteiger partial charge >= 0.3 is 0 Å². The van der Waals surface area contributed by atoms with Crippen molar-refractivity contribution < 1.29 is 13.5 Å². The van der Waals surface area contributed by atoms with Gasteiger partial charge < -0.3 is 4.74 Å². The van der Waals surface area contributed by atoms with Crippen LogP contribution in [0.1, 0.15) is 5.56 Å². The molecule has 0 fully saturated rings. The summed E-state index contributed by atoms with van der Waals surface area (Å²) in [6, 6.07) is 10.2. The van der Waals surface area contributed by atoms with Crippen molar-refractivity contribution in [1.29, 1.82) is 0 Å². The number of halogens is 3. The Morgan fingerprint density at radius 1 is 1.28 bits per heavy atom. The Balaban J connectivity index is 1.98. The minimum Gasteiger partial charge on any atom is -0.457 e. The molecular weight excluding hydrogens is 368 g/mol. The molecular formula is C17H12ClF2N3OS. The van der Waals surface area contributed by atoms with Crippen LogP contribution in [0.25, 0.3) is 6.08 Å². The van der Waals surface area contributed by atoms with Gasteiger partial charge in [0.15, 0.2) is 11.6 Å². The second kappa shape index (κ2) is 7.58. The van der Waals surface area contributed by atoms with Gasteiger partial charge in [-0.05, 0) is 42.1 Å². The average Bonchev–Trinajstić information content (AvgIpc) is 2.97. The van der Waals surface area contributed by atoms with Gasteiger partial charge in [-0.3, -0.25) is 9.78 Å². The highest BCUT2D eigenvalue weighted by Gasteiger charge is 2.11. The fourth-order valence-electron chi connectivity index (χ4n) is 2.12. The molecule has 1 heterocycles. The molecule has 1 N–H and O–H groups in total. The predicted octanol–water partition coefficient (Wildman–Crippen LogP) is 4.99. The van der Waals surface area contributed by atoms with Crippen molar-refractivity contribution >= 4 is 29.9 Å². The quantitative estimate of drug-likeness (QED) is 0.501. The molecule has 0 bridgehead atoms. The van der Waals surface area contributed by atoms with E-state index in [-0.39, 0.29) is 12.3 Å². The second-order valence-electron chi connectivity index (χ2n) is 5.06. The maximum absolute atomic E-state index is 13.9. The highest BCUT2D eigenvalue weighted by atomic mass is 35.5. The van der Waals surface area contributed by atoms with E-state index in [1.165, 1.54) is 12.4 Å². The van der Waals surface area contributed by atoms with Gasteiger partial charge in [0.2, 0.25) is 4.77 Å². The van der Waals surface area contributed by atoms with Gasteiger partial charge in [0.05, 0.1) is 6.54 Å². The van der Waals surface area contributed by atoms with E-state index in [9.17, 15) is 8.78 Å². The van der Waals surface area contributed by atoms with E-state index in [0.717, 1.165) is 12.1 Å². The van der Waals surface area contributed by atoms with Crippen LogP contribution in [-0.4, -0.2) is 14.8 Å². The number of allylic oxidation sites excluding steroid dienone is 1. The summed E-state index contributed by atoms with van der Waals surface area (Å²) in [5.41, 5.74) is 0.688. The fourth-order valence-corrected chi connectivity index (χ4v) is 2.48. The first-order valence-corrected chi connectivity index (χ1v) is 8.00. The van der Waals surface area contributed by atoms with Crippen LogP contribution in [0.15, 0.2) is 54.6 Å². The Morgan fingerprint density at radius 3 is 2.76 bits per heavy atom. The molecule has 0 aliphatic carbocycles. The normalized spacial score (nSPS) is 11.6. The lowest BCUT2D eigenvalue weighted by molar-refractivity contribution is 0.364. The number of nitrogens with one attached hydrogen (secondary N) is 1. The summed E-state index contributed by atoms with van der Waals surface area (Å²) in [6.07, 6.45) is 3.10. The third-order valence-electron chi connectivity index (χ3n) is 3.29. The van der Waals surface area contributed by atoms with Gasteiger partial charge in [-0.1, -0.05) is 29.8 Å². The molecule has 128 valence electrons. The Hall–Kier alpha value is -2.51. The molecule has 0 spiro atoms. The van der Waals surface area contributed by atoms with Gasteiger partial charge in [-0.15, -0.1) is 0 Å². The second-order valence-corrected chi connectivity index (χ2v) is 5.84. The highest BCUT2D eigenvalue weighted by molar-refractivity contribution is 7.71. The number of ether oxygens (including phenoxy) is 1. The molecule has 1 aromatic heterocycles. The number of aromatic amines is 1. The van der Waals surface area contributed by atoms with Crippen molar-refractivity contribution in [2.75, 3.05) is 0 Å². The zero-order chi connectivity index (χ0) is 17.8. The highest BCUT2D eigenvalue weighted by Crippen LogP contribution is 2.24. The van der Waals surface area contributed by atoms with E-state index in [0.29, 0.717) is 21.1 Å². The monoisotopic (exact) mass is 379 g/mol. The molecule has 0 radical (unpaired) electrons. The number of nitrogens with zero attached hydrogens (tertiary/aromatic N) is 2. The van der Waals surface area contributed by atoms with Crippen LogP contribution in [0.5, 0.6) is 5.75 Å². The van der Waals surface area contributed by atoms with Crippen LogP contribution in [0.3, 0.4) is 0 Å². The molecule has 3 rings (SSSR count). The predicted molar refractivity (Wildman–Crippen MR) is 93.8 cm³/mol. The summed E-state index contributed by atoms with van der Waals surface area (Å²) in [5.74, 6) is -1.25. The molecule has 0 aliphatic rings. The number of aromatic nitrogens is 3. The van der Waals surface area contributed by atoms with Gasteiger partial charge in [0.25, 0.3) is 0 Å². The lowest BCUT2D eigenvalue weighted by Gasteiger charge is -2.12. The maximum Gasteiger partial charge on any atom is 0.216 e. The SMILES string of the molecule is Fc1ccc(O/C(=C/c2ccccc2Cl)Cn2[nH]cnc2=S)c(F)c1. The molecule has 25 heavy (non-hydrogen) atoms.